The first-order valence-corrected chi connectivity index (χ1v) is 34.4. The minimum Gasteiger partial charge on any atom is -0.310 e. The van der Waals surface area contributed by atoms with Gasteiger partial charge in [-0.2, -0.15) is 0 Å². The Labute approximate surface area is 620 Å². The van der Waals surface area contributed by atoms with Gasteiger partial charge in [-0.05, 0) is 173 Å². The van der Waals surface area contributed by atoms with Crippen molar-refractivity contribution in [2.24, 2.45) is 0 Å². The van der Waals surface area contributed by atoms with Crippen molar-refractivity contribution in [3.05, 3.63) is 319 Å². The number of thiophene rings is 1. The molecule has 5 heterocycles. The second-order valence-corrected chi connectivity index (χ2v) is 29.8. The Morgan fingerprint density at radius 1 is 0.330 bits per heavy atom. The van der Waals surface area contributed by atoms with Crippen molar-refractivity contribution in [1.29, 1.82) is 0 Å². The fourth-order valence-electron chi connectivity index (χ4n) is 14.7. The Hall–Kier alpha value is -11.2. The molecule has 0 N–H and O–H groups in total. The molecule has 482 valence electrons. The highest BCUT2D eigenvalue weighted by Gasteiger charge is 2.48. The lowest BCUT2D eigenvalue weighted by Crippen LogP contribution is -2.62. The van der Waals surface area contributed by atoms with Crippen LogP contribution in [0, 0.1) is 0 Å². The number of hydrogen-bond acceptors (Lipinski definition) is 3. The maximum absolute atomic E-state index is 12.0. The van der Waals surface area contributed by atoms with Crippen LogP contribution in [0.2, 0.25) is 0 Å². The predicted octanol–water partition coefficient (Wildman–Crippen LogP) is 24.3. The van der Waals surface area contributed by atoms with E-state index in [0.29, 0.717) is 72.0 Å². The number of benzene rings is 13. The molecule has 0 fully saturated rings. The Kier molecular flexibility index (Phi) is 9.89. The van der Waals surface area contributed by atoms with Crippen LogP contribution >= 0.6 is 11.3 Å². The Balaban J connectivity index is 1.16. The Morgan fingerprint density at radius 3 is 1.07 bits per heavy atom. The molecule has 3 aromatic heterocycles. The van der Waals surface area contributed by atoms with Crippen LogP contribution in [0.3, 0.4) is 0 Å². The van der Waals surface area contributed by atoms with Crippen LogP contribution in [0.25, 0.3) is 110 Å². The highest BCUT2D eigenvalue weighted by Crippen LogP contribution is 2.56. The molecule has 13 aromatic carbocycles. The summed E-state index contributed by atoms with van der Waals surface area (Å²) in [4.78, 5) is 4.37. The summed E-state index contributed by atoms with van der Waals surface area (Å²) in [6.45, 7) is 17.4. The van der Waals surface area contributed by atoms with Gasteiger partial charge < -0.3 is 18.9 Å². The molecule has 18 rings (SSSR count). The molecule has 0 saturated heterocycles. The number of fused-ring (bicyclic) bond motifs is 10. The maximum atomic E-state index is 12.0. The van der Waals surface area contributed by atoms with E-state index in [2.05, 4.69) is 98.7 Å². The number of hydrogen-bond donors (Lipinski definition) is 0. The van der Waals surface area contributed by atoms with Gasteiger partial charge in [-0.1, -0.05) is 268 Å². The van der Waals surface area contributed by atoms with Crippen LogP contribution in [-0.4, -0.2) is 15.8 Å². The van der Waals surface area contributed by atoms with Crippen molar-refractivity contribution in [1.82, 2.24) is 9.13 Å². The van der Waals surface area contributed by atoms with E-state index in [9.17, 15) is 26.0 Å². The van der Waals surface area contributed by atoms with Gasteiger partial charge in [0, 0.05) is 82.8 Å². The molecule has 2 aliphatic rings. The smallest absolute Gasteiger partial charge is 0.252 e. The third kappa shape index (κ3) is 9.85. The van der Waals surface area contributed by atoms with Crippen molar-refractivity contribution in [2.45, 2.75) is 78.6 Å². The normalized spacial score (nSPS) is 15.9. The molecule has 0 spiro atoms. The summed E-state index contributed by atoms with van der Waals surface area (Å²) < 4.78 is 214. The van der Waals surface area contributed by atoms with E-state index in [-0.39, 0.29) is 66.1 Å². The zero-order valence-electron chi connectivity index (χ0n) is 77.5. The minimum absolute atomic E-state index is 0.0123. The molecule has 100 heavy (non-hydrogen) atoms. The van der Waals surface area contributed by atoms with Crippen LogP contribution in [0.5, 0.6) is 0 Å². The summed E-state index contributed by atoms with van der Waals surface area (Å²) in [5.41, 5.74) is 5.86. The van der Waals surface area contributed by atoms with Crippen LogP contribution in [0.1, 0.15) is 108 Å². The molecule has 0 atom stereocenters. The molecular weight excluding hydrogens is 1230 g/mol. The van der Waals surface area contributed by atoms with Gasteiger partial charge in [-0.15, -0.1) is 11.3 Å². The van der Waals surface area contributed by atoms with Gasteiger partial charge in [0.1, 0.15) is 0 Å². The van der Waals surface area contributed by atoms with Crippen molar-refractivity contribution < 1.29 is 28.8 Å². The molecule has 2 aliphatic heterocycles. The monoisotopic (exact) mass is 1330 g/mol. The molecule has 0 aliphatic carbocycles. The zero-order chi connectivity index (χ0) is 86.2. The van der Waals surface area contributed by atoms with Gasteiger partial charge in [-0.3, -0.25) is 0 Å². The lowest BCUT2D eigenvalue weighted by atomic mass is 9.32. The Morgan fingerprint density at radius 2 is 0.690 bits per heavy atom. The highest BCUT2D eigenvalue weighted by atomic mass is 32.1. The van der Waals surface area contributed by atoms with E-state index in [1.165, 1.54) is 15.9 Å². The van der Waals surface area contributed by atoms with Crippen LogP contribution in [0.15, 0.2) is 302 Å². The average Bonchev–Trinajstić information content (AvgIpc) is 1.63. The SMILES string of the molecule is [2H]c1c([2H])c(-n2c3c([2H])c([2H])c([2H])c([2H])c3c3c([2H])c([2H])c([2H])c([2H])c32)c([2H])c2c1B1c3c(cc(C(C)(C)C)cc3N(c3c(-c4ccccc4)cc(C(C)(C)C)cc3-c3ccccc3)c3c([2H])c(-n4c5c([2H])c([2H])c([2H])c([2H])c5c5c([2H])c([2H])c([2H])c([2H])c54)c([2H])c(-c4cccs4)c31)N2c1c(-c2ccccc2)cc(C(C)(C)C)cc1-c1ccccc1. The maximum Gasteiger partial charge on any atom is 0.252 e. The molecule has 0 bridgehead atoms. The van der Waals surface area contributed by atoms with E-state index < -0.39 is 167 Å². The topological polar surface area (TPSA) is 16.3 Å². The number of anilines is 6. The molecule has 0 unspecified atom stereocenters. The lowest BCUT2D eigenvalue weighted by molar-refractivity contribution is 0.590. The molecule has 4 nitrogen and oxygen atoms in total. The minimum atomic E-state index is -1.51. The van der Waals surface area contributed by atoms with Crippen LogP contribution in [-0.2, 0) is 16.2 Å². The molecule has 0 radical (unpaired) electrons. The third-order valence-corrected chi connectivity index (χ3v) is 20.5. The summed E-state index contributed by atoms with van der Waals surface area (Å²) >= 11 is 1.22. The number of rotatable bonds is 9. The van der Waals surface area contributed by atoms with Gasteiger partial charge in [0.25, 0.3) is 6.71 Å². The van der Waals surface area contributed by atoms with Gasteiger partial charge in [0.15, 0.2) is 0 Å². The molecule has 0 amide bonds. The Bertz CT molecular complexity index is 6920. The predicted molar refractivity (Wildman–Crippen MR) is 430 cm³/mol. The standard InChI is InChI=1S/C94H77BN4S/c1-92(2,3)64-51-73(60-31-14-10-15-32-60)90(74(52-64)61-33-16-11-17-34-61)98-83-58-67(96-79-43-26-22-39-69(79)70-40-23-27-44-80(70)96)48-49-78(83)95-88-77(87-47-30-50-100-87)57-68(97-81-45-28-24-41-71(81)72-42-25-29-46-82(72)97)59-86(88)99(85-56-66(94(7,8)9)55-84(98)89(85)95)91-75(62-35-18-12-19-36-62)53-65(93(4,5)6)54-76(91)63-37-20-13-21-38-63/h10-59H,1-9H3/i22D,23D,24D,25D,26D,27D,28D,29D,39D,40D,41D,42D,43D,44D,45D,46D,48D,49D,57D,58D,59D. The van der Waals surface area contributed by atoms with E-state index in [4.69, 9.17) is 2.74 Å². The summed E-state index contributed by atoms with van der Waals surface area (Å²) in [5.74, 6) is 0. The fraction of sp³-hybridized carbons (Fsp3) is 0.128. The number of para-hydroxylation sites is 4. The van der Waals surface area contributed by atoms with E-state index in [1.807, 2.05) is 131 Å². The second-order valence-electron chi connectivity index (χ2n) is 28.9. The summed E-state index contributed by atoms with van der Waals surface area (Å²) in [6.07, 6.45) is 0. The first-order valence-electron chi connectivity index (χ1n) is 44.1. The second kappa shape index (κ2) is 23.2. The van der Waals surface area contributed by atoms with Crippen molar-refractivity contribution >= 4 is 112 Å². The lowest BCUT2D eigenvalue weighted by Gasteiger charge is -2.47. The van der Waals surface area contributed by atoms with Gasteiger partial charge >= 0.3 is 0 Å². The van der Waals surface area contributed by atoms with Crippen LogP contribution < -0.4 is 26.2 Å². The summed E-state index contributed by atoms with van der Waals surface area (Å²) in [7, 11) is 0. The number of nitrogens with zero attached hydrogens (tertiary/aromatic N) is 4. The first kappa shape index (κ1) is 42.6. The van der Waals surface area contributed by atoms with E-state index in [1.54, 1.807) is 17.5 Å². The molecule has 16 aromatic rings. The fourth-order valence-corrected chi connectivity index (χ4v) is 15.4. The van der Waals surface area contributed by atoms with Gasteiger partial charge in [0.2, 0.25) is 0 Å². The highest BCUT2D eigenvalue weighted by molar-refractivity contribution is 7.14. The van der Waals surface area contributed by atoms with Crippen LogP contribution in [0.4, 0.5) is 34.1 Å². The quantitative estimate of drug-likeness (QED) is 0.134. The van der Waals surface area contributed by atoms with Gasteiger partial charge in [-0.25, -0.2) is 0 Å². The zero-order valence-corrected chi connectivity index (χ0v) is 57.3. The third-order valence-electron chi connectivity index (χ3n) is 19.6. The van der Waals surface area contributed by atoms with Crippen molar-refractivity contribution in [3.63, 3.8) is 0 Å². The summed E-state index contributed by atoms with van der Waals surface area (Å²) in [6, 6.07) is 41.3. The van der Waals surface area contributed by atoms with E-state index in [0.717, 1.165) is 26.8 Å². The molecule has 0 saturated carbocycles. The number of aromatic nitrogens is 2. The van der Waals surface area contributed by atoms with Gasteiger partial charge in [0.05, 0.1) is 62.2 Å². The largest absolute Gasteiger partial charge is 0.310 e. The summed E-state index contributed by atoms with van der Waals surface area (Å²) in [5, 5.41) is 0.560. The first-order chi connectivity index (χ1) is 57.3. The van der Waals surface area contributed by atoms with E-state index >= 15 is 0 Å². The molecule has 6 heteroatoms. The molecular formula is C94H77BN4S. The van der Waals surface area contributed by atoms with Crippen molar-refractivity contribution in [2.75, 3.05) is 9.80 Å². The van der Waals surface area contributed by atoms with Crippen molar-refractivity contribution in [3.8, 4) is 66.3 Å². The average molecular weight is 1330 g/mol.